The maximum absolute atomic E-state index is 12.9. The van der Waals surface area contributed by atoms with Crippen molar-refractivity contribution in [1.29, 1.82) is 0 Å². The van der Waals surface area contributed by atoms with Crippen LogP contribution in [0, 0.1) is 0 Å². The zero-order valence-corrected chi connectivity index (χ0v) is 15.5. The van der Waals surface area contributed by atoms with Crippen molar-refractivity contribution in [3.05, 3.63) is 65.4 Å². The third-order valence-corrected chi connectivity index (χ3v) is 5.96. The maximum atomic E-state index is 12.9. The number of para-hydroxylation sites is 1. The van der Waals surface area contributed by atoms with E-state index in [0.29, 0.717) is 6.42 Å². The average molecular weight is 360 g/mol. The van der Waals surface area contributed by atoms with Gasteiger partial charge in [0.05, 0.1) is 12.7 Å². The molecule has 0 radical (unpaired) electrons. The Labute approximate surface area is 159 Å². The number of rotatable bonds is 3. The van der Waals surface area contributed by atoms with Crippen molar-refractivity contribution in [1.82, 2.24) is 4.90 Å². The van der Waals surface area contributed by atoms with Crippen LogP contribution >= 0.6 is 0 Å². The van der Waals surface area contributed by atoms with E-state index in [1.54, 1.807) is 6.26 Å². The van der Waals surface area contributed by atoms with Crippen LogP contribution in [-0.4, -0.2) is 37.0 Å². The first-order valence-electron chi connectivity index (χ1n) is 9.87. The molecule has 1 aliphatic carbocycles. The van der Waals surface area contributed by atoms with E-state index >= 15 is 0 Å². The number of nitrogens with zero attached hydrogens (tertiary/aromatic N) is 2. The molecule has 0 saturated carbocycles. The smallest absolute Gasteiger partial charge is 0.227 e. The second-order valence-corrected chi connectivity index (χ2v) is 7.61. The molecule has 0 N–H and O–H groups in total. The molecule has 4 nitrogen and oxygen atoms in total. The standard InChI is InChI=1S/C23H24N2O2/c26-23(25-11-9-24(10-12-25)20-7-2-1-3-8-20)15-19-16-27-22-14-18-6-4-5-17(18)13-21(19)22/h1-3,7-8,13-14,16H,4-6,9-12,15H2. The van der Waals surface area contributed by atoms with E-state index in [2.05, 4.69) is 41.3 Å². The molecular formula is C23H24N2O2. The number of hydrogen-bond acceptors (Lipinski definition) is 3. The molecular weight excluding hydrogens is 336 g/mol. The van der Waals surface area contributed by atoms with Gasteiger partial charge in [0.1, 0.15) is 5.58 Å². The Morgan fingerprint density at radius 2 is 1.70 bits per heavy atom. The molecule has 0 bridgehead atoms. The average Bonchev–Trinajstić information content (AvgIpc) is 3.33. The highest BCUT2D eigenvalue weighted by molar-refractivity contribution is 5.88. The van der Waals surface area contributed by atoms with Crippen LogP contribution in [0.2, 0.25) is 0 Å². The van der Waals surface area contributed by atoms with Gasteiger partial charge in [-0.25, -0.2) is 0 Å². The minimum absolute atomic E-state index is 0.200. The van der Waals surface area contributed by atoms with Crippen LogP contribution in [0.4, 0.5) is 5.69 Å². The van der Waals surface area contributed by atoms with Crippen molar-refractivity contribution in [2.24, 2.45) is 0 Å². The summed E-state index contributed by atoms with van der Waals surface area (Å²) in [6.07, 6.45) is 5.72. The largest absolute Gasteiger partial charge is 0.464 e. The molecule has 1 saturated heterocycles. The molecule has 4 heteroatoms. The fourth-order valence-corrected chi connectivity index (χ4v) is 4.41. The lowest BCUT2D eigenvalue weighted by molar-refractivity contribution is -0.130. The maximum Gasteiger partial charge on any atom is 0.227 e. The summed E-state index contributed by atoms with van der Waals surface area (Å²) in [5, 5.41) is 1.12. The lowest BCUT2D eigenvalue weighted by Crippen LogP contribution is -2.49. The van der Waals surface area contributed by atoms with Gasteiger partial charge in [-0.2, -0.15) is 0 Å². The first-order chi connectivity index (χ1) is 13.3. The van der Waals surface area contributed by atoms with Crippen LogP contribution in [0.5, 0.6) is 0 Å². The molecule has 2 heterocycles. The summed E-state index contributed by atoms with van der Waals surface area (Å²) in [7, 11) is 0. The quantitative estimate of drug-likeness (QED) is 0.713. The highest BCUT2D eigenvalue weighted by atomic mass is 16.3. The summed E-state index contributed by atoms with van der Waals surface area (Å²) >= 11 is 0. The Morgan fingerprint density at radius 3 is 2.48 bits per heavy atom. The summed E-state index contributed by atoms with van der Waals surface area (Å²) in [4.78, 5) is 17.2. The summed E-state index contributed by atoms with van der Waals surface area (Å²) in [5.41, 5.74) is 6.02. The van der Waals surface area contributed by atoms with Crippen molar-refractivity contribution >= 4 is 22.6 Å². The van der Waals surface area contributed by atoms with Gasteiger partial charge in [0.15, 0.2) is 0 Å². The first-order valence-corrected chi connectivity index (χ1v) is 9.87. The van der Waals surface area contributed by atoms with Gasteiger partial charge < -0.3 is 14.2 Å². The lowest BCUT2D eigenvalue weighted by atomic mass is 10.0. The van der Waals surface area contributed by atoms with Crippen molar-refractivity contribution in [2.75, 3.05) is 31.1 Å². The van der Waals surface area contributed by atoms with E-state index in [9.17, 15) is 4.79 Å². The normalized spacial score (nSPS) is 16.7. The fourth-order valence-electron chi connectivity index (χ4n) is 4.41. The topological polar surface area (TPSA) is 36.7 Å². The van der Waals surface area contributed by atoms with Crippen LogP contribution in [0.15, 0.2) is 53.1 Å². The summed E-state index contributed by atoms with van der Waals surface area (Å²) < 4.78 is 5.76. The molecule has 3 aromatic rings. The highest BCUT2D eigenvalue weighted by Crippen LogP contribution is 2.30. The minimum atomic E-state index is 0.200. The predicted octanol–water partition coefficient (Wildman–Crippen LogP) is 3.81. The second-order valence-electron chi connectivity index (χ2n) is 7.61. The zero-order valence-electron chi connectivity index (χ0n) is 15.5. The second kappa shape index (κ2) is 6.76. The molecule has 1 aliphatic heterocycles. The molecule has 27 heavy (non-hydrogen) atoms. The van der Waals surface area contributed by atoms with E-state index in [0.717, 1.165) is 55.6 Å². The number of aryl methyl sites for hydroxylation is 2. The molecule has 1 fully saturated rings. The lowest BCUT2D eigenvalue weighted by Gasteiger charge is -2.36. The van der Waals surface area contributed by atoms with Gasteiger partial charge >= 0.3 is 0 Å². The summed E-state index contributed by atoms with van der Waals surface area (Å²) in [6, 6.07) is 14.8. The Kier molecular flexibility index (Phi) is 4.12. The number of fused-ring (bicyclic) bond motifs is 2. The molecule has 5 rings (SSSR count). The summed E-state index contributed by atoms with van der Waals surface area (Å²) in [5.74, 6) is 0.200. The number of carbonyl (C=O) groups excluding carboxylic acids is 1. The monoisotopic (exact) mass is 360 g/mol. The van der Waals surface area contributed by atoms with Crippen LogP contribution < -0.4 is 4.90 Å². The third kappa shape index (κ3) is 3.09. The van der Waals surface area contributed by atoms with Gasteiger partial charge in [-0.3, -0.25) is 4.79 Å². The molecule has 1 amide bonds. The number of benzene rings is 2. The predicted molar refractivity (Wildman–Crippen MR) is 107 cm³/mol. The van der Waals surface area contributed by atoms with Gasteiger partial charge in [-0.15, -0.1) is 0 Å². The van der Waals surface area contributed by atoms with E-state index in [4.69, 9.17) is 4.42 Å². The Bertz CT molecular complexity index is 969. The fraction of sp³-hybridized carbons (Fsp3) is 0.348. The Morgan fingerprint density at radius 1 is 0.963 bits per heavy atom. The van der Waals surface area contributed by atoms with E-state index in [-0.39, 0.29) is 5.91 Å². The van der Waals surface area contributed by atoms with E-state index in [1.165, 1.54) is 23.2 Å². The molecule has 1 aromatic heterocycles. The first kappa shape index (κ1) is 16.4. The molecule has 0 atom stereocenters. The van der Waals surface area contributed by atoms with Gasteiger partial charge in [0.25, 0.3) is 0 Å². The van der Waals surface area contributed by atoms with E-state index in [1.807, 2.05) is 11.0 Å². The van der Waals surface area contributed by atoms with Crippen LogP contribution in [0.1, 0.15) is 23.1 Å². The highest BCUT2D eigenvalue weighted by Gasteiger charge is 2.23. The molecule has 0 spiro atoms. The SMILES string of the molecule is O=C(Cc1coc2cc3c(cc12)CCC3)N1CCN(c2ccccc2)CC1. The number of piperazine rings is 1. The van der Waals surface area contributed by atoms with Crippen molar-refractivity contribution in [3.63, 3.8) is 0 Å². The van der Waals surface area contributed by atoms with Gasteiger partial charge in [0.2, 0.25) is 5.91 Å². The molecule has 0 unspecified atom stereocenters. The molecule has 138 valence electrons. The van der Waals surface area contributed by atoms with Crippen molar-refractivity contribution < 1.29 is 9.21 Å². The zero-order chi connectivity index (χ0) is 18.2. The third-order valence-electron chi connectivity index (χ3n) is 5.96. The van der Waals surface area contributed by atoms with Crippen molar-refractivity contribution in [3.8, 4) is 0 Å². The Hall–Kier alpha value is -2.75. The van der Waals surface area contributed by atoms with Gasteiger partial charge in [0, 0.05) is 42.8 Å². The van der Waals surface area contributed by atoms with Gasteiger partial charge in [-0.05, 0) is 54.7 Å². The number of furan rings is 1. The van der Waals surface area contributed by atoms with E-state index < -0.39 is 0 Å². The minimum Gasteiger partial charge on any atom is -0.464 e. The number of carbonyl (C=O) groups is 1. The van der Waals surface area contributed by atoms with Crippen LogP contribution in [-0.2, 0) is 24.1 Å². The summed E-state index contributed by atoms with van der Waals surface area (Å²) in [6.45, 7) is 3.32. The number of hydrogen-bond donors (Lipinski definition) is 0. The number of amides is 1. The number of anilines is 1. The van der Waals surface area contributed by atoms with Crippen molar-refractivity contribution in [2.45, 2.75) is 25.7 Å². The van der Waals surface area contributed by atoms with Crippen LogP contribution in [0.3, 0.4) is 0 Å². The Balaban J connectivity index is 1.27. The molecule has 2 aromatic carbocycles. The van der Waals surface area contributed by atoms with Crippen LogP contribution in [0.25, 0.3) is 11.0 Å². The van der Waals surface area contributed by atoms with Gasteiger partial charge in [-0.1, -0.05) is 18.2 Å². The molecule has 2 aliphatic rings.